The number of nitrogens with zero attached hydrogens (tertiary/aromatic N) is 1. The molecule has 1 aromatic heterocycles. The fraction of sp³-hybridized carbons (Fsp3) is 0.214. The molecule has 0 saturated carbocycles. The van der Waals surface area contributed by atoms with Crippen LogP contribution in [0.3, 0.4) is 0 Å². The lowest BCUT2D eigenvalue weighted by Crippen LogP contribution is -2.23. The molecule has 0 radical (unpaired) electrons. The third-order valence-corrected chi connectivity index (χ3v) is 4.14. The molecule has 1 amide bonds. The van der Waals surface area contributed by atoms with Gasteiger partial charge in [0, 0.05) is 22.2 Å². The Kier molecular flexibility index (Phi) is 4.81. The van der Waals surface area contributed by atoms with Crippen LogP contribution in [-0.4, -0.2) is 15.9 Å². The molecule has 4 nitrogen and oxygen atoms in total. The lowest BCUT2D eigenvalue weighted by atomic mass is 10.1. The third-order valence-electron chi connectivity index (χ3n) is 2.76. The lowest BCUT2D eigenvalue weighted by molar-refractivity contribution is 0.0951. The molecule has 1 aromatic carbocycles. The van der Waals surface area contributed by atoms with Crippen molar-refractivity contribution in [3.8, 4) is 0 Å². The van der Waals surface area contributed by atoms with Crippen molar-refractivity contribution in [1.29, 1.82) is 0 Å². The first-order chi connectivity index (χ1) is 9.60. The standard InChI is InChI=1S/C14H15N3OS2/c1-2-11-7-16-12(20-11)8-17-14(18)10-5-3-4-9(6-10)13(15)19/h3-7H,2,8H2,1H3,(H2,15,19)(H,17,18). The van der Waals surface area contributed by atoms with Crippen LogP contribution in [-0.2, 0) is 13.0 Å². The molecule has 0 aliphatic rings. The predicted octanol–water partition coefficient (Wildman–Crippen LogP) is 2.27. The summed E-state index contributed by atoms with van der Waals surface area (Å²) in [5, 5.41) is 3.75. The summed E-state index contributed by atoms with van der Waals surface area (Å²) in [5.41, 5.74) is 6.79. The monoisotopic (exact) mass is 305 g/mol. The minimum atomic E-state index is -0.156. The SMILES string of the molecule is CCc1cnc(CNC(=O)c2cccc(C(N)=S)c2)s1. The molecule has 1 heterocycles. The zero-order chi connectivity index (χ0) is 14.5. The first-order valence-corrected chi connectivity index (χ1v) is 7.44. The predicted molar refractivity (Wildman–Crippen MR) is 85.0 cm³/mol. The van der Waals surface area contributed by atoms with Crippen molar-refractivity contribution in [3.63, 3.8) is 0 Å². The Morgan fingerprint density at radius 3 is 2.85 bits per heavy atom. The fourth-order valence-electron chi connectivity index (χ4n) is 1.66. The molecule has 0 aliphatic carbocycles. The molecule has 6 heteroatoms. The zero-order valence-corrected chi connectivity index (χ0v) is 12.7. The fourth-order valence-corrected chi connectivity index (χ4v) is 2.59. The van der Waals surface area contributed by atoms with Crippen LogP contribution < -0.4 is 11.1 Å². The summed E-state index contributed by atoms with van der Waals surface area (Å²) in [6, 6.07) is 6.98. The maximum Gasteiger partial charge on any atom is 0.251 e. The number of aromatic nitrogens is 1. The first-order valence-electron chi connectivity index (χ1n) is 6.21. The van der Waals surface area contributed by atoms with E-state index in [1.807, 2.05) is 6.20 Å². The van der Waals surface area contributed by atoms with Gasteiger partial charge in [0.25, 0.3) is 5.91 Å². The van der Waals surface area contributed by atoms with Gasteiger partial charge in [-0.15, -0.1) is 11.3 Å². The van der Waals surface area contributed by atoms with Crippen molar-refractivity contribution in [2.75, 3.05) is 0 Å². The molecule has 2 rings (SSSR count). The molecule has 20 heavy (non-hydrogen) atoms. The van der Waals surface area contributed by atoms with Gasteiger partial charge in [-0.3, -0.25) is 4.79 Å². The molecule has 3 N–H and O–H groups in total. The van der Waals surface area contributed by atoms with Crippen molar-refractivity contribution < 1.29 is 4.79 Å². The average molecular weight is 305 g/mol. The van der Waals surface area contributed by atoms with E-state index < -0.39 is 0 Å². The summed E-state index contributed by atoms with van der Waals surface area (Å²) >= 11 is 6.51. The Bertz CT molecular complexity index is 637. The van der Waals surface area contributed by atoms with Crippen LogP contribution in [0.2, 0.25) is 0 Å². The quantitative estimate of drug-likeness (QED) is 0.832. The molecular formula is C14H15N3OS2. The molecular weight excluding hydrogens is 290 g/mol. The summed E-state index contributed by atoms with van der Waals surface area (Å²) in [6.07, 6.45) is 2.81. The number of carbonyl (C=O) groups excluding carboxylic acids is 1. The van der Waals surface area contributed by atoms with Crippen molar-refractivity contribution >= 4 is 34.5 Å². The van der Waals surface area contributed by atoms with Crippen molar-refractivity contribution in [2.24, 2.45) is 5.73 Å². The van der Waals surface area contributed by atoms with Gasteiger partial charge in [-0.25, -0.2) is 4.98 Å². The maximum atomic E-state index is 12.1. The number of carbonyl (C=O) groups is 1. The summed E-state index contributed by atoms with van der Waals surface area (Å²) in [6.45, 7) is 2.51. The van der Waals surface area contributed by atoms with Crippen LogP contribution in [0.25, 0.3) is 0 Å². The lowest BCUT2D eigenvalue weighted by Gasteiger charge is -2.05. The van der Waals surface area contributed by atoms with Gasteiger partial charge in [-0.1, -0.05) is 31.3 Å². The molecule has 0 saturated heterocycles. The maximum absolute atomic E-state index is 12.1. The number of nitrogens with one attached hydrogen (secondary N) is 1. The van der Waals surface area contributed by atoms with E-state index in [-0.39, 0.29) is 10.9 Å². The molecule has 0 bridgehead atoms. The van der Waals surface area contributed by atoms with E-state index in [4.69, 9.17) is 18.0 Å². The average Bonchev–Trinajstić information content (AvgIpc) is 2.93. The Hall–Kier alpha value is -1.79. The molecule has 0 atom stereocenters. The van der Waals surface area contributed by atoms with Gasteiger partial charge in [-0.2, -0.15) is 0 Å². The number of thiocarbonyl (C=S) groups is 1. The summed E-state index contributed by atoms with van der Waals surface area (Å²) < 4.78 is 0. The highest BCUT2D eigenvalue weighted by atomic mass is 32.1. The van der Waals surface area contributed by atoms with Crippen LogP contribution in [0.15, 0.2) is 30.5 Å². The molecule has 0 aliphatic heterocycles. The molecule has 0 unspecified atom stereocenters. The number of hydrogen-bond donors (Lipinski definition) is 2. The van der Waals surface area contributed by atoms with E-state index in [1.165, 1.54) is 4.88 Å². The van der Waals surface area contributed by atoms with E-state index in [1.54, 1.807) is 35.6 Å². The summed E-state index contributed by atoms with van der Waals surface area (Å²) in [5.74, 6) is -0.156. The first kappa shape index (κ1) is 14.6. The second-order valence-corrected chi connectivity index (χ2v) is 5.84. The number of amides is 1. The number of thiazole rings is 1. The van der Waals surface area contributed by atoms with Crippen LogP contribution in [0.4, 0.5) is 0 Å². The molecule has 104 valence electrons. The summed E-state index contributed by atoms with van der Waals surface area (Å²) in [7, 11) is 0. The zero-order valence-electron chi connectivity index (χ0n) is 11.1. The van der Waals surface area contributed by atoms with E-state index >= 15 is 0 Å². The number of benzene rings is 1. The van der Waals surface area contributed by atoms with Gasteiger partial charge >= 0.3 is 0 Å². The number of rotatable bonds is 5. The minimum Gasteiger partial charge on any atom is -0.389 e. The van der Waals surface area contributed by atoms with Crippen LogP contribution in [0.5, 0.6) is 0 Å². The molecule has 0 fully saturated rings. The van der Waals surface area contributed by atoms with Crippen LogP contribution in [0, 0.1) is 0 Å². The van der Waals surface area contributed by atoms with Gasteiger partial charge in [-0.05, 0) is 18.6 Å². The largest absolute Gasteiger partial charge is 0.389 e. The smallest absolute Gasteiger partial charge is 0.251 e. The van der Waals surface area contributed by atoms with Gasteiger partial charge in [0.2, 0.25) is 0 Å². The Morgan fingerprint density at radius 2 is 2.20 bits per heavy atom. The number of hydrogen-bond acceptors (Lipinski definition) is 4. The minimum absolute atomic E-state index is 0.156. The van der Waals surface area contributed by atoms with Crippen molar-refractivity contribution in [1.82, 2.24) is 10.3 Å². The Labute approximate surface area is 127 Å². The van der Waals surface area contributed by atoms with Gasteiger partial charge < -0.3 is 11.1 Å². The van der Waals surface area contributed by atoms with E-state index in [9.17, 15) is 4.79 Å². The summed E-state index contributed by atoms with van der Waals surface area (Å²) in [4.78, 5) is 17.8. The van der Waals surface area contributed by atoms with Crippen LogP contribution in [0.1, 0.15) is 32.7 Å². The van der Waals surface area contributed by atoms with Gasteiger partial charge in [0.1, 0.15) is 10.00 Å². The van der Waals surface area contributed by atoms with E-state index in [2.05, 4.69) is 17.2 Å². The molecule has 2 aromatic rings. The second-order valence-electron chi connectivity index (χ2n) is 4.20. The highest BCUT2D eigenvalue weighted by Crippen LogP contribution is 2.13. The topological polar surface area (TPSA) is 68.0 Å². The van der Waals surface area contributed by atoms with Crippen molar-refractivity contribution in [3.05, 3.63) is 51.5 Å². The normalized spacial score (nSPS) is 10.2. The third kappa shape index (κ3) is 3.61. The van der Waals surface area contributed by atoms with Gasteiger partial charge in [0.05, 0.1) is 6.54 Å². The highest BCUT2D eigenvalue weighted by Gasteiger charge is 2.08. The van der Waals surface area contributed by atoms with E-state index in [0.717, 1.165) is 11.4 Å². The van der Waals surface area contributed by atoms with E-state index in [0.29, 0.717) is 17.7 Å². The Morgan fingerprint density at radius 1 is 1.45 bits per heavy atom. The second kappa shape index (κ2) is 6.58. The van der Waals surface area contributed by atoms with Crippen LogP contribution >= 0.6 is 23.6 Å². The van der Waals surface area contributed by atoms with Crippen molar-refractivity contribution in [2.45, 2.75) is 19.9 Å². The highest BCUT2D eigenvalue weighted by molar-refractivity contribution is 7.80. The molecule has 0 spiro atoms. The Balaban J connectivity index is 2.01. The number of aryl methyl sites for hydroxylation is 1. The van der Waals surface area contributed by atoms with Gasteiger partial charge in [0.15, 0.2) is 0 Å². The number of nitrogens with two attached hydrogens (primary N) is 1.